The molecule has 2 rings (SSSR count). The number of fused-ring (bicyclic) bond motifs is 1. The van der Waals surface area contributed by atoms with Crippen molar-refractivity contribution in [1.82, 2.24) is 4.72 Å². The third-order valence-corrected chi connectivity index (χ3v) is 3.34. The Balaban J connectivity index is 2.59. The maximum atomic E-state index is 4.03. The van der Waals surface area contributed by atoms with Crippen molar-refractivity contribution < 1.29 is 0 Å². The Morgan fingerprint density at radius 2 is 2.36 bits per heavy atom. The highest BCUT2D eigenvalue weighted by Gasteiger charge is 2.11. The smallest absolute Gasteiger partial charge is 0.0319 e. The lowest BCUT2D eigenvalue weighted by Gasteiger charge is -1.99. The fraction of sp³-hybridized carbons (Fsp3) is 0.222. The van der Waals surface area contributed by atoms with Gasteiger partial charge in [0.05, 0.1) is 0 Å². The molecule has 0 radical (unpaired) electrons. The van der Waals surface area contributed by atoms with Gasteiger partial charge in [-0.15, -0.1) is 0 Å². The molecule has 2 heteroatoms. The van der Waals surface area contributed by atoms with Crippen LogP contribution in [0.5, 0.6) is 0 Å². The van der Waals surface area contributed by atoms with Gasteiger partial charge in [-0.25, -0.2) is 0 Å². The van der Waals surface area contributed by atoms with Gasteiger partial charge in [0.25, 0.3) is 0 Å². The summed E-state index contributed by atoms with van der Waals surface area (Å²) < 4.78 is 3.33. The van der Waals surface area contributed by atoms with E-state index < -0.39 is 0 Å². The van der Waals surface area contributed by atoms with Crippen molar-refractivity contribution in [1.29, 1.82) is 0 Å². The average Bonchev–Trinajstić information content (AvgIpc) is 2.32. The first-order valence-electron chi connectivity index (χ1n) is 3.64. The molecule has 1 N–H and O–H groups in total. The topological polar surface area (TPSA) is 12.0 Å². The predicted molar refractivity (Wildman–Crippen MR) is 51.0 cm³/mol. The van der Waals surface area contributed by atoms with Crippen molar-refractivity contribution in [3.05, 3.63) is 29.3 Å². The molecule has 1 unspecified atom stereocenters. The molecule has 0 aromatic heterocycles. The molecular formula is C9H11NS. The summed E-state index contributed by atoms with van der Waals surface area (Å²) in [5.74, 6) is 4.03. The number of rotatable bonds is 0. The third-order valence-electron chi connectivity index (χ3n) is 1.92. The second-order valence-electron chi connectivity index (χ2n) is 2.82. The second kappa shape index (κ2) is 2.47. The summed E-state index contributed by atoms with van der Waals surface area (Å²) in [6.45, 7) is 3.11. The molecule has 1 nitrogen and oxygen atoms in total. The highest BCUT2D eigenvalue weighted by atomic mass is 32.2. The lowest BCUT2D eigenvalue weighted by molar-refractivity contribution is 0.990. The largest absolute Gasteiger partial charge is 0.262 e. The number of benzene rings is 1. The minimum absolute atomic E-state index is 0.0440. The zero-order valence-electron chi connectivity index (χ0n) is 6.55. The Kier molecular flexibility index (Phi) is 1.59. The van der Waals surface area contributed by atoms with Crippen LogP contribution in [0.15, 0.2) is 23.1 Å². The highest BCUT2D eigenvalue weighted by molar-refractivity contribution is 8.12. The summed E-state index contributed by atoms with van der Waals surface area (Å²) in [5, 5.41) is 0. The van der Waals surface area contributed by atoms with Crippen molar-refractivity contribution in [3.8, 4) is 0 Å². The van der Waals surface area contributed by atoms with Crippen LogP contribution in [0, 0.1) is 6.92 Å². The molecule has 58 valence electrons. The summed E-state index contributed by atoms with van der Waals surface area (Å²) in [4.78, 5) is 1.38. The van der Waals surface area contributed by atoms with Gasteiger partial charge in [-0.2, -0.15) is 0 Å². The Morgan fingerprint density at radius 1 is 1.55 bits per heavy atom. The first-order valence-corrected chi connectivity index (χ1v) is 5.04. The van der Waals surface area contributed by atoms with E-state index in [-0.39, 0.29) is 10.7 Å². The van der Waals surface area contributed by atoms with Crippen LogP contribution in [0.3, 0.4) is 0 Å². The molecule has 1 atom stereocenters. The van der Waals surface area contributed by atoms with Gasteiger partial charge in [0.2, 0.25) is 0 Å². The maximum Gasteiger partial charge on any atom is 0.0319 e. The molecule has 0 bridgehead atoms. The molecule has 0 amide bonds. The molecule has 0 aliphatic carbocycles. The Morgan fingerprint density at radius 3 is 3.18 bits per heavy atom. The van der Waals surface area contributed by atoms with Crippen LogP contribution < -0.4 is 4.72 Å². The lowest BCUT2D eigenvalue weighted by Crippen LogP contribution is -1.93. The standard InChI is InChI=1S/C9H11NS/c1-7-3-4-9-8(5-7)6-10-11(9)2/h3-5,10H,2,6H2,1H3. The van der Waals surface area contributed by atoms with E-state index >= 15 is 0 Å². The highest BCUT2D eigenvalue weighted by Crippen LogP contribution is 2.31. The van der Waals surface area contributed by atoms with Crippen molar-refractivity contribution in [2.45, 2.75) is 18.4 Å². The lowest BCUT2D eigenvalue weighted by atomic mass is 10.1. The Bertz CT molecular complexity index is 317. The van der Waals surface area contributed by atoms with Crippen molar-refractivity contribution in [3.63, 3.8) is 0 Å². The van der Waals surface area contributed by atoms with E-state index in [2.05, 4.69) is 35.7 Å². The summed E-state index contributed by atoms with van der Waals surface area (Å²) >= 11 is 0. The predicted octanol–water partition coefficient (Wildman–Crippen LogP) is 2.07. The minimum Gasteiger partial charge on any atom is -0.262 e. The quantitative estimate of drug-likeness (QED) is 0.580. The van der Waals surface area contributed by atoms with Crippen LogP contribution in [-0.4, -0.2) is 5.87 Å². The molecule has 1 aromatic rings. The SMILES string of the molecule is C=S1NCc2cc(C)ccc21. The van der Waals surface area contributed by atoms with Crippen molar-refractivity contribution in [2.24, 2.45) is 0 Å². The maximum absolute atomic E-state index is 4.03. The van der Waals surface area contributed by atoms with Crippen LogP contribution in [0.2, 0.25) is 0 Å². The van der Waals surface area contributed by atoms with Gasteiger partial charge in [0, 0.05) is 11.4 Å². The van der Waals surface area contributed by atoms with E-state index in [0.29, 0.717) is 0 Å². The van der Waals surface area contributed by atoms with E-state index in [1.165, 1.54) is 16.0 Å². The van der Waals surface area contributed by atoms with Gasteiger partial charge in [-0.1, -0.05) is 34.2 Å². The van der Waals surface area contributed by atoms with Crippen molar-refractivity contribution in [2.75, 3.05) is 0 Å². The Labute approximate surface area is 69.5 Å². The minimum atomic E-state index is 0.0440. The molecule has 0 saturated heterocycles. The molecule has 0 fully saturated rings. The molecular weight excluding hydrogens is 154 g/mol. The fourth-order valence-corrected chi connectivity index (χ4v) is 2.49. The normalized spacial score (nSPS) is 21.7. The zero-order valence-corrected chi connectivity index (χ0v) is 7.37. The van der Waals surface area contributed by atoms with Crippen LogP contribution in [-0.2, 0) is 6.54 Å². The fourth-order valence-electron chi connectivity index (χ4n) is 1.33. The summed E-state index contributed by atoms with van der Waals surface area (Å²) in [5.41, 5.74) is 2.76. The third kappa shape index (κ3) is 1.12. The first kappa shape index (κ1) is 7.07. The van der Waals surface area contributed by atoms with Gasteiger partial charge in [0.15, 0.2) is 0 Å². The van der Waals surface area contributed by atoms with E-state index in [1.54, 1.807) is 0 Å². The number of hydrogen-bond acceptors (Lipinski definition) is 1. The molecule has 1 aliphatic heterocycles. The van der Waals surface area contributed by atoms with Gasteiger partial charge in [-0.05, 0) is 18.6 Å². The summed E-state index contributed by atoms with van der Waals surface area (Å²) in [6, 6.07) is 6.57. The number of nitrogens with one attached hydrogen (secondary N) is 1. The van der Waals surface area contributed by atoms with E-state index in [1.807, 2.05) is 0 Å². The van der Waals surface area contributed by atoms with Crippen LogP contribution in [0.25, 0.3) is 0 Å². The first-order chi connectivity index (χ1) is 5.27. The summed E-state index contributed by atoms with van der Waals surface area (Å²) in [6.07, 6.45) is 0. The van der Waals surface area contributed by atoms with Crippen LogP contribution in [0.4, 0.5) is 0 Å². The van der Waals surface area contributed by atoms with Crippen molar-refractivity contribution >= 4 is 16.5 Å². The molecule has 0 spiro atoms. The number of hydrogen-bond donors (Lipinski definition) is 1. The van der Waals surface area contributed by atoms with Crippen LogP contribution in [0.1, 0.15) is 11.1 Å². The Hall–Kier alpha value is -0.600. The second-order valence-corrected chi connectivity index (χ2v) is 4.33. The number of aryl methyl sites for hydroxylation is 1. The molecule has 1 aromatic carbocycles. The van der Waals surface area contributed by atoms with E-state index in [9.17, 15) is 0 Å². The molecule has 1 aliphatic rings. The molecule has 11 heavy (non-hydrogen) atoms. The van der Waals surface area contributed by atoms with Gasteiger partial charge in [-0.3, -0.25) is 4.72 Å². The van der Waals surface area contributed by atoms with Gasteiger partial charge in [0.1, 0.15) is 0 Å². The molecule has 1 heterocycles. The monoisotopic (exact) mass is 165 g/mol. The molecule has 0 saturated carbocycles. The van der Waals surface area contributed by atoms with Crippen LogP contribution >= 0.6 is 10.7 Å². The van der Waals surface area contributed by atoms with Gasteiger partial charge >= 0.3 is 0 Å². The average molecular weight is 165 g/mol. The summed E-state index contributed by atoms with van der Waals surface area (Å²) in [7, 11) is 0.0440. The van der Waals surface area contributed by atoms with E-state index in [0.717, 1.165) is 6.54 Å². The zero-order chi connectivity index (χ0) is 7.84. The van der Waals surface area contributed by atoms with Gasteiger partial charge < -0.3 is 0 Å². The van der Waals surface area contributed by atoms with E-state index in [4.69, 9.17) is 0 Å².